The number of rotatable bonds is 0. The van der Waals surface area contributed by atoms with Crippen molar-refractivity contribution in [2.45, 2.75) is 26.2 Å². The van der Waals surface area contributed by atoms with E-state index in [1.54, 1.807) is 0 Å². The first-order chi connectivity index (χ1) is 6.88. The number of nitrogens with two attached hydrogens (primary N) is 1. The van der Waals surface area contributed by atoms with Gasteiger partial charge in [0.1, 0.15) is 5.82 Å². The van der Waals surface area contributed by atoms with Crippen LogP contribution in [0.5, 0.6) is 0 Å². The van der Waals surface area contributed by atoms with E-state index in [9.17, 15) is 4.79 Å². The fourth-order valence-corrected chi connectivity index (χ4v) is 1.28. The second-order valence-corrected chi connectivity index (χ2v) is 4.48. The van der Waals surface area contributed by atoms with Crippen molar-refractivity contribution in [1.29, 1.82) is 0 Å². The number of aromatic amines is 2. The summed E-state index contributed by atoms with van der Waals surface area (Å²) in [5.74, 6) is 0.817. The number of hydrogen-bond donors (Lipinski definition) is 3. The van der Waals surface area contributed by atoms with Crippen LogP contribution in [0.25, 0.3) is 11.2 Å². The zero-order valence-corrected chi connectivity index (χ0v) is 8.88. The summed E-state index contributed by atoms with van der Waals surface area (Å²) in [6.45, 7) is 6.01. The van der Waals surface area contributed by atoms with E-state index in [0.717, 1.165) is 5.82 Å². The third kappa shape index (κ3) is 1.58. The van der Waals surface area contributed by atoms with E-state index in [0.29, 0.717) is 11.2 Å². The minimum Gasteiger partial charge on any atom is -0.369 e. The molecular weight excluding hydrogens is 194 g/mol. The average Bonchev–Trinajstić information content (AvgIpc) is 2.46. The maximum atomic E-state index is 11.5. The maximum absolute atomic E-state index is 11.5. The standard InChI is InChI=1S/C9H13N5O/c1-9(2,3)7-11-4-5(12-7)13-8(10)14-6(4)15/h1-3H3,(H4,10,11,12,13,14,15). The van der Waals surface area contributed by atoms with Crippen molar-refractivity contribution in [3.05, 3.63) is 16.2 Å². The Balaban J connectivity index is 2.77. The molecule has 6 heteroatoms. The third-order valence-electron chi connectivity index (χ3n) is 2.08. The monoisotopic (exact) mass is 207 g/mol. The lowest BCUT2D eigenvalue weighted by Crippen LogP contribution is -2.13. The lowest BCUT2D eigenvalue weighted by molar-refractivity contribution is 0.554. The van der Waals surface area contributed by atoms with E-state index in [1.165, 1.54) is 0 Å². The van der Waals surface area contributed by atoms with Crippen LogP contribution in [0.2, 0.25) is 0 Å². The van der Waals surface area contributed by atoms with Crippen LogP contribution in [-0.4, -0.2) is 19.9 Å². The second kappa shape index (κ2) is 2.82. The molecule has 4 N–H and O–H groups in total. The van der Waals surface area contributed by atoms with Gasteiger partial charge in [-0.05, 0) is 0 Å². The molecule has 0 amide bonds. The minimum atomic E-state index is -0.316. The van der Waals surface area contributed by atoms with E-state index >= 15 is 0 Å². The number of imidazole rings is 1. The number of H-pyrrole nitrogens is 2. The fourth-order valence-electron chi connectivity index (χ4n) is 1.28. The number of fused-ring (bicyclic) bond motifs is 1. The van der Waals surface area contributed by atoms with Crippen LogP contribution in [-0.2, 0) is 5.41 Å². The summed E-state index contributed by atoms with van der Waals surface area (Å²) in [7, 11) is 0. The zero-order chi connectivity index (χ0) is 11.2. The molecule has 0 radical (unpaired) electrons. The van der Waals surface area contributed by atoms with Crippen molar-refractivity contribution in [3.63, 3.8) is 0 Å². The van der Waals surface area contributed by atoms with Gasteiger partial charge in [0.25, 0.3) is 5.56 Å². The Morgan fingerprint density at radius 1 is 1.20 bits per heavy atom. The van der Waals surface area contributed by atoms with Gasteiger partial charge in [0, 0.05) is 5.41 Å². The van der Waals surface area contributed by atoms with E-state index in [1.807, 2.05) is 20.8 Å². The number of nitrogens with zero attached hydrogens (tertiary/aromatic N) is 2. The predicted octanol–water partition coefficient (Wildman–Crippen LogP) is 0.526. The number of aromatic nitrogens is 4. The highest BCUT2D eigenvalue weighted by atomic mass is 16.1. The number of anilines is 1. The number of nitrogens with one attached hydrogen (secondary N) is 2. The van der Waals surface area contributed by atoms with E-state index in [4.69, 9.17) is 5.73 Å². The molecule has 6 nitrogen and oxygen atoms in total. The van der Waals surface area contributed by atoms with Crippen molar-refractivity contribution in [1.82, 2.24) is 19.9 Å². The Labute approximate surface area is 85.9 Å². The molecule has 2 aromatic heterocycles. The van der Waals surface area contributed by atoms with Crippen LogP contribution in [0.4, 0.5) is 5.95 Å². The highest BCUT2D eigenvalue weighted by molar-refractivity contribution is 5.70. The molecule has 0 aliphatic carbocycles. The van der Waals surface area contributed by atoms with Crippen LogP contribution in [0.1, 0.15) is 26.6 Å². The summed E-state index contributed by atoms with van der Waals surface area (Å²) in [5.41, 5.74) is 5.69. The first-order valence-corrected chi connectivity index (χ1v) is 4.64. The predicted molar refractivity (Wildman–Crippen MR) is 57.6 cm³/mol. The third-order valence-corrected chi connectivity index (χ3v) is 2.08. The largest absolute Gasteiger partial charge is 0.369 e. The van der Waals surface area contributed by atoms with E-state index in [2.05, 4.69) is 19.9 Å². The molecule has 0 saturated carbocycles. The first-order valence-electron chi connectivity index (χ1n) is 4.64. The average molecular weight is 207 g/mol. The van der Waals surface area contributed by atoms with Gasteiger partial charge in [-0.15, -0.1) is 0 Å². The maximum Gasteiger partial charge on any atom is 0.280 e. The Bertz CT molecular complexity index is 560. The molecule has 0 atom stereocenters. The smallest absolute Gasteiger partial charge is 0.280 e. The Hall–Kier alpha value is -1.85. The normalized spacial score (nSPS) is 12.2. The minimum absolute atomic E-state index is 0.0941. The molecule has 2 rings (SSSR count). The molecule has 2 aromatic rings. The molecule has 0 spiro atoms. The van der Waals surface area contributed by atoms with Crippen LogP contribution in [0.15, 0.2) is 4.79 Å². The lowest BCUT2D eigenvalue weighted by Gasteiger charge is -2.13. The summed E-state index contributed by atoms with van der Waals surface area (Å²) >= 11 is 0. The van der Waals surface area contributed by atoms with Crippen LogP contribution in [0, 0.1) is 0 Å². The summed E-state index contributed by atoms with van der Waals surface area (Å²) < 4.78 is 0. The zero-order valence-electron chi connectivity index (χ0n) is 8.88. The lowest BCUT2D eigenvalue weighted by atomic mass is 9.96. The van der Waals surface area contributed by atoms with Crippen molar-refractivity contribution in [2.24, 2.45) is 0 Å². The fraction of sp³-hybridized carbons (Fsp3) is 0.444. The summed E-state index contributed by atoms with van der Waals surface area (Å²) in [4.78, 5) is 25.1. The molecule has 0 aromatic carbocycles. The molecule has 80 valence electrons. The molecule has 2 heterocycles. The molecular formula is C9H13N5O. The van der Waals surface area contributed by atoms with Crippen LogP contribution < -0.4 is 11.3 Å². The Morgan fingerprint density at radius 2 is 1.87 bits per heavy atom. The highest BCUT2D eigenvalue weighted by Crippen LogP contribution is 2.20. The van der Waals surface area contributed by atoms with Crippen molar-refractivity contribution in [3.8, 4) is 0 Å². The van der Waals surface area contributed by atoms with Crippen molar-refractivity contribution >= 4 is 17.1 Å². The summed E-state index contributed by atoms with van der Waals surface area (Å²) in [6, 6.07) is 0. The van der Waals surface area contributed by atoms with Gasteiger partial charge in [-0.25, -0.2) is 4.98 Å². The van der Waals surface area contributed by atoms with Crippen LogP contribution >= 0.6 is 0 Å². The number of hydrogen-bond acceptors (Lipinski definition) is 4. The quantitative estimate of drug-likeness (QED) is 0.586. The van der Waals surface area contributed by atoms with Crippen molar-refractivity contribution < 1.29 is 0 Å². The highest BCUT2D eigenvalue weighted by Gasteiger charge is 2.19. The van der Waals surface area contributed by atoms with Gasteiger partial charge < -0.3 is 10.7 Å². The summed E-state index contributed by atoms with van der Waals surface area (Å²) in [6.07, 6.45) is 0. The van der Waals surface area contributed by atoms with Gasteiger partial charge in [0.05, 0.1) is 0 Å². The molecule has 15 heavy (non-hydrogen) atoms. The molecule has 0 unspecified atom stereocenters. The van der Waals surface area contributed by atoms with Gasteiger partial charge >= 0.3 is 0 Å². The Morgan fingerprint density at radius 3 is 2.47 bits per heavy atom. The summed E-state index contributed by atoms with van der Waals surface area (Å²) in [5, 5.41) is 0. The molecule has 0 aliphatic rings. The van der Waals surface area contributed by atoms with Gasteiger partial charge in [-0.2, -0.15) is 4.98 Å². The SMILES string of the molecule is CC(C)(C)c1nc2c(=O)[nH]c(N)nc2[nH]1. The van der Waals surface area contributed by atoms with E-state index in [-0.39, 0.29) is 16.9 Å². The van der Waals surface area contributed by atoms with Gasteiger partial charge in [-0.1, -0.05) is 20.8 Å². The second-order valence-electron chi connectivity index (χ2n) is 4.48. The van der Waals surface area contributed by atoms with E-state index < -0.39 is 0 Å². The molecule has 0 saturated heterocycles. The van der Waals surface area contributed by atoms with Gasteiger partial charge in [0.2, 0.25) is 5.95 Å². The topological polar surface area (TPSA) is 100 Å². The number of nitrogen functional groups attached to an aromatic ring is 1. The van der Waals surface area contributed by atoms with Gasteiger partial charge in [0.15, 0.2) is 11.2 Å². The molecule has 0 aliphatic heterocycles. The van der Waals surface area contributed by atoms with Crippen molar-refractivity contribution in [2.75, 3.05) is 5.73 Å². The Kier molecular flexibility index (Phi) is 1.82. The molecule has 0 bridgehead atoms. The first kappa shape index (κ1) is 9.70. The van der Waals surface area contributed by atoms with Gasteiger partial charge in [-0.3, -0.25) is 9.78 Å². The molecule has 0 fully saturated rings. The van der Waals surface area contributed by atoms with Crippen LogP contribution in [0.3, 0.4) is 0 Å².